The monoisotopic (exact) mass is 306 g/mol. The van der Waals surface area contributed by atoms with E-state index in [9.17, 15) is 15.2 Å². The van der Waals surface area contributed by atoms with E-state index in [0.717, 1.165) is 11.3 Å². The molecule has 112 valence electrons. The zero-order valence-electron chi connectivity index (χ0n) is 12.2. The molecular weight excluding hydrogens is 288 g/mol. The minimum atomic E-state index is -0.709. The van der Waals surface area contributed by atoms with E-state index in [1.54, 1.807) is 6.92 Å². The zero-order chi connectivity index (χ0) is 15.6. The third-order valence-electron chi connectivity index (χ3n) is 3.23. The van der Waals surface area contributed by atoms with Crippen molar-refractivity contribution in [2.24, 2.45) is 0 Å². The lowest BCUT2D eigenvalue weighted by atomic mass is 10.2. The van der Waals surface area contributed by atoms with Crippen molar-refractivity contribution in [1.82, 2.24) is 0 Å². The molecule has 0 aliphatic rings. The van der Waals surface area contributed by atoms with E-state index >= 15 is 0 Å². The third-order valence-corrected chi connectivity index (χ3v) is 4.55. The molecule has 0 bridgehead atoms. The predicted octanol–water partition coefficient (Wildman–Crippen LogP) is 4.18. The van der Waals surface area contributed by atoms with Gasteiger partial charge >= 0.3 is 5.69 Å². The zero-order valence-corrected chi connectivity index (χ0v) is 13.1. The molecule has 0 saturated carbocycles. The first-order valence-electron chi connectivity index (χ1n) is 6.74. The van der Waals surface area contributed by atoms with Gasteiger partial charge in [0.1, 0.15) is 0 Å². The summed E-state index contributed by atoms with van der Waals surface area (Å²) in [6.07, 6.45) is -0.709. The maximum atomic E-state index is 11.3. The van der Waals surface area contributed by atoms with Crippen LogP contribution in [0.3, 0.4) is 0 Å². The van der Waals surface area contributed by atoms with Crippen molar-refractivity contribution in [3.05, 3.63) is 50.9 Å². The summed E-state index contributed by atoms with van der Waals surface area (Å²) in [6.45, 7) is 6.18. The molecule has 1 atom stereocenters. The molecule has 21 heavy (non-hydrogen) atoms. The lowest BCUT2D eigenvalue weighted by molar-refractivity contribution is -0.383. The van der Waals surface area contributed by atoms with Crippen LogP contribution in [0.5, 0.6) is 0 Å². The molecule has 0 fully saturated rings. The lowest BCUT2D eigenvalue weighted by Crippen LogP contribution is -2.15. The van der Waals surface area contributed by atoms with E-state index in [-0.39, 0.29) is 5.69 Å². The van der Waals surface area contributed by atoms with Crippen LogP contribution in [0, 0.1) is 17.0 Å². The minimum Gasteiger partial charge on any atom is -0.388 e. The van der Waals surface area contributed by atoms with Gasteiger partial charge in [0, 0.05) is 23.2 Å². The number of thiophene rings is 1. The second kappa shape index (κ2) is 6.24. The van der Waals surface area contributed by atoms with Crippen LogP contribution in [0.1, 0.15) is 30.4 Å². The second-order valence-electron chi connectivity index (χ2n) is 4.85. The van der Waals surface area contributed by atoms with Crippen molar-refractivity contribution < 1.29 is 10.0 Å². The van der Waals surface area contributed by atoms with E-state index in [4.69, 9.17) is 0 Å². The van der Waals surface area contributed by atoms with Crippen LogP contribution < -0.4 is 4.90 Å². The number of hydrogen-bond donors (Lipinski definition) is 1. The second-order valence-corrected chi connectivity index (χ2v) is 5.91. The summed E-state index contributed by atoms with van der Waals surface area (Å²) < 4.78 is 0. The average Bonchev–Trinajstić information content (AvgIpc) is 2.87. The van der Waals surface area contributed by atoms with Crippen LogP contribution in [0.4, 0.5) is 16.4 Å². The molecule has 1 unspecified atom stereocenters. The molecular formula is C15H18N2O3S. The maximum Gasteiger partial charge on any atom is 0.304 e. The van der Waals surface area contributed by atoms with E-state index in [2.05, 4.69) is 0 Å². The number of nitro groups is 1. The fourth-order valence-electron chi connectivity index (χ4n) is 2.09. The Kier molecular flexibility index (Phi) is 4.59. The molecule has 1 heterocycles. The number of nitrogens with zero attached hydrogens (tertiary/aromatic N) is 2. The number of aryl methyl sites for hydroxylation is 1. The number of aliphatic hydroxyl groups excluding tert-OH is 1. The van der Waals surface area contributed by atoms with Crippen molar-refractivity contribution in [3.63, 3.8) is 0 Å². The van der Waals surface area contributed by atoms with Gasteiger partial charge in [-0.1, -0.05) is 17.7 Å². The van der Waals surface area contributed by atoms with Crippen molar-refractivity contribution in [2.45, 2.75) is 26.9 Å². The maximum absolute atomic E-state index is 11.3. The first-order valence-corrected chi connectivity index (χ1v) is 7.56. The first kappa shape index (κ1) is 15.5. The van der Waals surface area contributed by atoms with Gasteiger partial charge < -0.3 is 10.0 Å². The Morgan fingerprint density at radius 3 is 2.48 bits per heavy atom. The molecule has 1 N–H and O–H groups in total. The SMILES string of the molecule is CCN(c1ccc(C)cc1)c1sc(C(C)O)cc1[N+](=O)[O-]. The van der Waals surface area contributed by atoms with Crippen LogP contribution in [-0.4, -0.2) is 16.6 Å². The molecule has 0 amide bonds. The average molecular weight is 306 g/mol. The smallest absolute Gasteiger partial charge is 0.304 e. The fourth-order valence-corrected chi connectivity index (χ4v) is 3.24. The Hall–Kier alpha value is -1.92. The minimum absolute atomic E-state index is 0.0401. The van der Waals surface area contributed by atoms with Gasteiger partial charge in [-0.25, -0.2) is 0 Å². The van der Waals surface area contributed by atoms with Gasteiger partial charge in [-0.3, -0.25) is 10.1 Å². The first-order chi connectivity index (χ1) is 9.93. The summed E-state index contributed by atoms with van der Waals surface area (Å²) >= 11 is 1.26. The van der Waals surface area contributed by atoms with Gasteiger partial charge in [0.2, 0.25) is 0 Å². The van der Waals surface area contributed by atoms with Gasteiger partial charge in [-0.2, -0.15) is 0 Å². The van der Waals surface area contributed by atoms with Gasteiger partial charge in [-0.05, 0) is 32.9 Å². The van der Waals surface area contributed by atoms with Crippen LogP contribution in [0.2, 0.25) is 0 Å². The highest BCUT2D eigenvalue weighted by Crippen LogP contribution is 2.42. The highest BCUT2D eigenvalue weighted by atomic mass is 32.1. The quantitative estimate of drug-likeness (QED) is 0.665. The van der Waals surface area contributed by atoms with Gasteiger partial charge in [-0.15, -0.1) is 11.3 Å². The van der Waals surface area contributed by atoms with Gasteiger partial charge in [0.15, 0.2) is 5.00 Å². The molecule has 0 radical (unpaired) electrons. The third kappa shape index (κ3) is 3.22. The molecule has 2 rings (SSSR count). The van der Waals surface area contributed by atoms with Crippen molar-refractivity contribution in [3.8, 4) is 0 Å². The van der Waals surface area contributed by atoms with Gasteiger partial charge in [0.25, 0.3) is 0 Å². The van der Waals surface area contributed by atoms with E-state index in [1.165, 1.54) is 17.4 Å². The van der Waals surface area contributed by atoms with Crippen LogP contribution >= 0.6 is 11.3 Å². The Morgan fingerprint density at radius 2 is 2.00 bits per heavy atom. The number of rotatable bonds is 5. The molecule has 5 nitrogen and oxygen atoms in total. The Morgan fingerprint density at radius 1 is 1.38 bits per heavy atom. The molecule has 0 aliphatic heterocycles. The van der Waals surface area contributed by atoms with Crippen molar-refractivity contribution >= 4 is 27.7 Å². The normalized spacial score (nSPS) is 12.2. The summed E-state index contributed by atoms with van der Waals surface area (Å²) in [4.78, 5) is 13.4. The molecule has 2 aromatic rings. The number of benzene rings is 1. The number of aliphatic hydroxyl groups is 1. The Balaban J connectivity index is 2.50. The van der Waals surface area contributed by atoms with Crippen LogP contribution in [-0.2, 0) is 0 Å². The van der Waals surface area contributed by atoms with Gasteiger partial charge in [0.05, 0.1) is 11.0 Å². The fraction of sp³-hybridized carbons (Fsp3) is 0.333. The molecule has 1 aromatic heterocycles. The summed E-state index contributed by atoms with van der Waals surface area (Å²) in [5.41, 5.74) is 2.09. The van der Waals surface area contributed by atoms with Crippen molar-refractivity contribution in [1.29, 1.82) is 0 Å². The largest absolute Gasteiger partial charge is 0.388 e. The van der Waals surface area contributed by atoms with E-state index < -0.39 is 11.0 Å². The molecule has 6 heteroatoms. The molecule has 0 spiro atoms. The lowest BCUT2D eigenvalue weighted by Gasteiger charge is -2.21. The van der Waals surface area contributed by atoms with E-state index in [0.29, 0.717) is 16.4 Å². The summed E-state index contributed by atoms with van der Waals surface area (Å²) in [6, 6.07) is 9.32. The molecule has 0 aliphatic carbocycles. The summed E-state index contributed by atoms with van der Waals surface area (Å²) in [7, 11) is 0. The summed E-state index contributed by atoms with van der Waals surface area (Å²) in [5, 5.41) is 21.5. The summed E-state index contributed by atoms with van der Waals surface area (Å²) in [5.74, 6) is 0. The topological polar surface area (TPSA) is 66.6 Å². The Labute approximate surface area is 127 Å². The molecule has 1 aromatic carbocycles. The molecule has 0 saturated heterocycles. The standard InChI is InChI=1S/C15H18N2O3S/c1-4-16(12-7-5-10(2)6-8-12)15-13(17(19)20)9-14(21-15)11(3)18/h5-9,11,18H,4H2,1-3H3. The number of anilines is 2. The predicted molar refractivity (Wildman–Crippen MR) is 85.5 cm³/mol. The van der Waals surface area contributed by atoms with Crippen LogP contribution in [0.15, 0.2) is 30.3 Å². The van der Waals surface area contributed by atoms with Crippen LogP contribution in [0.25, 0.3) is 0 Å². The van der Waals surface area contributed by atoms with Crippen molar-refractivity contribution in [2.75, 3.05) is 11.4 Å². The highest BCUT2D eigenvalue weighted by molar-refractivity contribution is 7.16. The Bertz CT molecular complexity index is 635. The highest BCUT2D eigenvalue weighted by Gasteiger charge is 2.25. The number of hydrogen-bond acceptors (Lipinski definition) is 5. The van der Waals surface area contributed by atoms with E-state index in [1.807, 2.05) is 43.0 Å².